The summed E-state index contributed by atoms with van der Waals surface area (Å²) in [5.74, 6) is 0.317. The van der Waals surface area contributed by atoms with E-state index in [2.05, 4.69) is 6.08 Å². The molecule has 0 radical (unpaired) electrons. The van der Waals surface area contributed by atoms with Gasteiger partial charge in [-0.05, 0) is 29.7 Å². The monoisotopic (exact) mass is 248 g/mol. The number of hydrogen-bond acceptors (Lipinski definition) is 2. The van der Waals surface area contributed by atoms with E-state index >= 15 is 0 Å². The third kappa shape index (κ3) is 1.37. The molecule has 0 aromatic rings. The number of carbonyl (C=O) groups is 2. The van der Waals surface area contributed by atoms with Gasteiger partial charge in [0.25, 0.3) is 0 Å². The Morgan fingerprint density at radius 3 is 2.63 bits per heavy atom. The molecule has 0 aliphatic heterocycles. The van der Waals surface area contributed by atoms with Crippen LogP contribution >= 0.6 is 0 Å². The average molecular weight is 248 g/mol. The van der Waals surface area contributed by atoms with Crippen molar-refractivity contribution in [2.24, 2.45) is 11.8 Å². The van der Waals surface area contributed by atoms with E-state index in [4.69, 9.17) is 0 Å². The zero-order chi connectivity index (χ0) is 13.0. The van der Waals surface area contributed by atoms with Crippen molar-refractivity contribution in [3.63, 3.8) is 0 Å². The highest BCUT2D eigenvalue weighted by molar-refractivity contribution is 6.11. The Labute approximate surface area is 111 Å². The second kappa shape index (κ2) is 3.64. The highest BCUT2D eigenvalue weighted by Gasteiger charge is 2.38. The Hall–Kier alpha value is -2.22. The van der Waals surface area contributed by atoms with E-state index in [1.54, 1.807) is 12.2 Å². The first-order chi connectivity index (χ1) is 9.25. The van der Waals surface area contributed by atoms with Gasteiger partial charge in [-0.15, -0.1) is 0 Å². The molecular weight excluding hydrogens is 236 g/mol. The lowest BCUT2D eigenvalue weighted by Crippen LogP contribution is -2.26. The van der Waals surface area contributed by atoms with Crippen molar-refractivity contribution in [2.45, 2.75) is 6.42 Å². The predicted octanol–water partition coefficient (Wildman–Crippen LogP) is 2.62. The smallest absolute Gasteiger partial charge is 0.182 e. The number of rotatable bonds is 0. The molecule has 2 unspecified atom stereocenters. The highest BCUT2D eigenvalue weighted by atomic mass is 16.1. The summed E-state index contributed by atoms with van der Waals surface area (Å²) in [5.41, 5.74) is 3.88. The van der Waals surface area contributed by atoms with Gasteiger partial charge in [-0.25, -0.2) is 0 Å². The van der Waals surface area contributed by atoms with Gasteiger partial charge in [-0.1, -0.05) is 36.5 Å². The standard InChI is InChI=1S/C17H12O2/c18-16-8-7-12-14(16)6-5-11-10-3-1-2-4-13(10)17(19)9-15(11)12/h1-2,4-10,12H,3H2. The van der Waals surface area contributed by atoms with Crippen molar-refractivity contribution < 1.29 is 9.59 Å². The Morgan fingerprint density at radius 1 is 0.895 bits per heavy atom. The van der Waals surface area contributed by atoms with Gasteiger partial charge in [0, 0.05) is 23.0 Å². The molecule has 0 saturated carbocycles. The molecule has 0 aromatic carbocycles. The maximum Gasteiger partial charge on any atom is 0.182 e. The first kappa shape index (κ1) is 10.7. The molecule has 4 aliphatic rings. The number of allylic oxidation sites excluding steroid dienone is 12. The molecule has 0 N–H and O–H groups in total. The average Bonchev–Trinajstić information content (AvgIpc) is 2.81. The minimum Gasteiger partial charge on any atom is -0.290 e. The Bertz CT molecular complexity index is 693. The number of carbonyl (C=O) groups excluding carboxylic acids is 2. The largest absolute Gasteiger partial charge is 0.290 e. The Balaban J connectivity index is 1.90. The molecule has 19 heavy (non-hydrogen) atoms. The summed E-state index contributed by atoms with van der Waals surface area (Å²) in [4.78, 5) is 23.9. The van der Waals surface area contributed by atoms with Gasteiger partial charge in [0.2, 0.25) is 0 Å². The van der Waals surface area contributed by atoms with Crippen LogP contribution in [0, 0.1) is 11.8 Å². The molecule has 2 heteroatoms. The van der Waals surface area contributed by atoms with E-state index in [1.165, 1.54) is 5.57 Å². The number of fused-ring (bicyclic) bond motifs is 5. The third-order valence-corrected chi connectivity index (χ3v) is 4.28. The fraction of sp³-hybridized carbons (Fsp3) is 0.176. The van der Waals surface area contributed by atoms with E-state index in [1.807, 2.05) is 30.4 Å². The number of hydrogen-bond donors (Lipinski definition) is 0. The van der Waals surface area contributed by atoms with Crippen molar-refractivity contribution >= 4 is 11.6 Å². The normalized spacial score (nSPS) is 30.9. The summed E-state index contributed by atoms with van der Waals surface area (Å²) in [5, 5.41) is 0. The third-order valence-electron chi connectivity index (χ3n) is 4.28. The summed E-state index contributed by atoms with van der Waals surface area (Å²) in [6, 6.07) is 0. The fourth-order valence-corrected chi connectivity index (χ4v) is 3.34. The van der Waals surface area contributed by atoms with E-state index in [-0.39, 0.29) is 23.4 Å². The van der Waals surface area contributed by atoms with E-state index in [0.717, 1.165) is 23.1 Å². The van der Waals surface area contributed by atoms with E-state index < -0.39 is 0 Å². The molecule has 0 bridgehead atoms. The van der Waals surface area contributed by atoms with Crippen molar-refractivity contribution in [3.8, 4) is 0 Å². The predicted molar refractivity (Wildman–Crippen MR) is 72.2 cm³/mol. The van der Waals surface area contributed by atoms with Crippen LogP contribution in [0.3, 0.4) is 0 Å². The molecule has 4 aliphatic carbocycles. The molecule has 0 spiro atoms. The molecule has 4 rings (SSSR count). The van der Waals surface area contributed by atoms with E-state index in [0.29, 0.717) is 0 Å². The summed E-state index contributed by atoms with van der Waals surface area (Å²) in [6.07, 6.45) is 16.0. The van der Waals surface area contributed by atoms with Crippen molar-refractivity contribution in [2.75, 3.05) is 0 Å². The van der Waals surface area contributed by atoms with Crippen LogP contribution in [0.15, 0.2) is 70.9 Å². The van der Waals surface area contributed by atoms with Crippen LogP contribution in [0.5, 0.6) is 0 Å². The molecule has 0 aromatic heterocycles. The lowest BCUT2D eigenvalue weighted by molar-refractivity contribution is -0.112. The fourth-order valence-electron chi connectivity index (χ4n) is 3.34. The molecule has 0 amide bonds. The minimum absolute atomic E-state index is 0.0103. The first-order valence-electron chi connectivity index (χ1n) is 6.53. The molecule has 0 fully saturated rings. The zero-order valence-corrected chi connectivity index (χ0v) is 10.3. The van der Waals surface area contributed by atoms with Crippen molar-refractivity contribution in [1.29, 1.82) is 0 Å². The van der Waals surface area contributed by atoms with Gasteiger partial charge in [0.1, 0.15) is 0 Å². The summed E-state index contributed by atoms with van der Waals surface area (Å²) < 4.78 is 0. The van der Waals surface area contributed by atoms with Crippen LogP contribution in [-0.2, 0) is 9.59 Å². The topological polar surface area (TPSA) is 34.1 Å². The molecule has 0 heterocycles. The first-order valence-corrected chi connectivity index (χ1v) is 6.53. The summed E-state index contributed by atoms with van der Waals surface area (Å²) in [6.45, 7) is 0. The van der Waals surface area contributed by atoms with E-state index in [9.17, 15) is 9.59 Å². The maximum atomic E-state index is 12.2. The Morgan fingerprint density at radius 2 is 1.74 bits per heavy atom. The maximum absolute atomic E-state index is 12.2. The zero-order valence-electron chi connectivity index (χ0n) is 10.3. The van der Waals surface area contributed by atoms with Crippen LogP contribution in [0.25, 0.3) is 0 Å². The van der Waals surface area contributed by atoms with Gasteiger partial charge < -0.3 is 0 Å². The second-order valence-electron chi connectivity index (χ2n) is 5.25. The number of ketones is 2. The quantitative estimate of drug-likeness (QED) is 0.660. The lowest BCUT2D eigenvalue weighted by atomic mass is 9.69. The molecule has 92 valence electrons. The van der Waals surface area contributed by atoms with Crippen LogP contribution in [0.2, 0.25) is 0 Å². The molecule has 2 nitrogen and oxygen atoms in total. The molecule has 2 atom stereocenters. The van der Waals surface area contributed by atoms with Gasteiger partial charge in [-0.3, -0.25) is 9.59 Å². The van der Waals surface area contributed by atoms with Crippen LogP contribution in [-0.4, -0.2) is 11.6 Å². The highest BCUT2D eigenvalue weighted by Crippen LogP contribution is 2.45. The van der Waals surface area contributed by atoms with Gasteiger partial charge >= 0.3 is 0 Å². The van der Waals surface area contributed by atoms with Crippen molar-refractivity contribution in [1.82, 2.24) is 0 Å². The lowest BCUT2D eigenvalue weighted by Gasteiger charge is -2.33. The van der Waals surface area contributed by atoms with Gasteiger partial charge in [0.15, 0.2) is 11.6 Å². The summed E-state index contributed by atoms with van der Waals surface area (Å²) >= 11 is 0. The second-order valence-corrected chi connectivity index (χ2v) is 5.25. The van der Waals surface area contributed by atoms with Gasteiger partial charge in [0.05, 0.1) is 0 Å². The molecular formula is C17H12O2. The SMILES string of the molecule is O=C1C=CC2C1=CC=C1C2=CC(=O)C2=CC=CCC21. The molecule has 0 saturated heterocycles. The minimum atomic E-state index is -0.0103. The Kier molecular flexibility index (Phi) is 2.05. The van der Waals surface area contributed by atoms with Crippen LogP contribution < -0.4 is 0 Å². The van der Waals surface area contributed by atoms with Crippen LogP contribution in [0.1, 0.15) is 6.42 Å². The van der Waals surface area contributed by atoms with Crippen molar-refractivity contribution in [3.05, 3.63) is 70.9 Å². The van der Waals surface area contributed by atoms with Gasteiger partial charge in [-0.2, -0.15) is 0 Å². The van der Waals surface area contributed by atoms with Crippen LogP contribution in [0.4, 0.5) is 0 Å². The summed E-state index contributed by atoms with van der Waals surface area (Å²) in [7, 11) is 0.